The number of aryl methyl sites for hydroxylation is 2. The second-order valence-electron chi connectivity index (χ2n) is 9.17. The molecule has 0 radical (unpaired) electrons. The number of amides is 1. The van der Waals surface area contributed by atoms with Crippen LogP contribution in [0.1, 0.15) is 23.0 Å². The maximum Gasteiger partial charge on any atom is 0.335 e. The van der Waals surface area contributed by atoms with Crippen LogP contribution in [0.15, 0.2) is 83.2 Å². The second-order valence-corrected chi connectivity index (χ2v) is 9.17. The SMILES string of the molecule is CCn1cc(C(=O)Nc2ccc(Oc3cc(-c4cn(C)cn4)cnc3CC=N)nc2)c(=O)n(-c2ccc(F)cc2)c1=O. The lowest BCUT2D eigenvalue weighted by Crippen LogP contribution is -2.42. The monoisotopic (exact) mass is 568 g/mol. The van der Waals surface area contributed by atoms with E-state index in [9.17, 15) is 18.8 Å². The van der Waals surface area contributed by atoms with Gasteiger partial charge < -0.3 is 20.0 Å². The van der Waals surface area contributed by atoms with E-state index in [0.29, 0.717) is 17.1 Å². The predicted octanol–water partition coefficient (Wildman–Crippen LogP) is 3.59. The van der Waals surface area contributed by atoms with Gasteiger partial charge in [0, 0.05) is 56.4 Å². The zero-order valence-electron chi connectivity index (χ0n) is 22.6. The van der Waals surface area contributed by atoms with Crippen LogP contribution < -0.4 is 21.3 Å². The van der Waals surface area contributed by atoms with E-state index in [-0.39, 0.29) is 35.8 Å². The lowest BCUT2D eigenvalue weighted by Gasteiger charge is -2.13. The van der Waals surface area contributed by atoms with Crippen LogP contribution >= 0.6 is 0 Å². The number of anilines is 1. The minimum atomic E-state index is -0.847. The van der Waals surface area contributed by atoms with E-state index >= 15 is 0 Å². The molecule has 0 aliphatic heterocycles. The predicted molar refractivity (Wildman–Crippen MR) is 153 cm³/mol. The number of ether oxygens (including phenoxy) is 1. The number of aromatic nitrogens is 6. The van der Waals surface area contributed by atoms with E-state index in [1.165, 1.54) is 41.4 Å². The summed E-state index contributed by atoms with van der Waals surface area (Å²) >= 11 is 0. The van der Waals surface area contributed by atoms with E-state index < -0.39 is 23.0 Å². The Morgan fingerprint density at radius 1 is 1.07 bits per heavy atom. The summed E-state index contributed by atoms with van der Waals surface area (Å²) in [6.45, 7) is 1.89. The number of imidazole rings is 1. The van der Waals surface area contributed by atoms with E-state index in [0.717, 1.165) is 22.3 Å². The second kappa shape index (κ2) is 11.8. The molecule has 5 rings (SSSR count). The fourth-order valence-corrected chi connectivity index (χ4v) is 4.14. The quantitative estimate of drug-likeness (QED) is 0.258. The van der Waals surface area contributed by atoms with Gasteiger partial charge in [-0.1, -0.05) is 0 Å². The smallest absolute Gasteiger partial charge is 0.335 e. The van der Waals surface area contributed by atoms with E-state index in [2.05, 4.69) is 20.3 Å². The standard InChI is InChI=1S/C29H25FN8O4/c1-3-37-15-22(28(40)38(29(37)41)21-7-4-19(30)5-8-21)27(39)35-20-6-9-26(33-14-20)42-25-12-18(13-32-23(25)10-11-31)24-16-36(2)17-34-24/h4-9,11-17,31H,3,10H2,1-2H3,(H,35,39). The zero-order chi connectivity index (χ0) is 29.8. The molecular weight excluding hydrogens is 543 g/mol. The van der Waals surface area contributed by atoms with Crippen LogP contribution in [0.4, 0.5) is 10.1 Å². The molecule has 4 aromatic heterocycles. The van der Waals surface area contributed by atoms with Crippen molar-refractivity contribution < 1.29 is 13.9 Å². The van der Waals surface area contributed by atoms with Gasteiger partial charge in [-0.15, -0.1) is 0 Å². The van der Waals surface area contributed by atoms with Crippen LogP contribution in [0, 0.1) is 11.2 Å². The van der Waals surface area contributed by atoms with Crippen molar-refractivity contribution >= 4 is 17.8 Å². The maximum absolute atomic E-state index is 13.4. The molecule has 0 saturated carbocycles. The number of hydrogen-bond donors (Lipinski definition) is 2. The van der Waals surface area contributed by atoms with Gasteiger partial charge in [-0.3, -0.25) is 19.1 Å². The molecule has 0 bridgehead atoms. The molecule has 12 nitrogen and oxygen atoms in total. The van der Waals surface area contributed by atoms with Gasteiger partial charge >= 0.3 is 5.69 Å². The number of nitrogens with zero attached hydrogens (tertiary/aromatic N) is 6. The number of halogens is 1. The van der Waals surface area contributed by atoms with Crippen LogP contribution in [0.3, 0.4) is 0 Å². The van der Waals surface area contributed by atoms with Crippen molar-refractivity contribution in [2.75, 3.05) is 5.32 Å². The highest BCUT2D eigenvalue weighted by atomic mass is 19.1. The van der Waals surface area contributed by atoms with Crippen LogP contribution in [0.2, 0.25) is 0 Å². The van der Waals surface area contributed by atoms with Crippen molar-refractivity contribution in [2.45, 2.75) is 19.9 Å². The molecule has 42 heavy (non-hydrogen) atoms. The molecule has 13 heteroatoms. The summed E-state index contributed by atoms with van der Waals surface area (Å²) < 4.78 is 23.2. The highest BCUT2D eigenvalue weighted by Gasteiger charge is 2.19. The van der Waals surface area contributed by atoms with Crippen LogP contribution in [-0.2, 0) is 20.0 Å². The molecular formula is C29H25FN8O4. The van der Waals surface area contributed by atoms with Gasteiger partial charge in [0.25, 0.3) is 11.5 Å². The highest BCUT2D eigenvalue weighted by Crippen LogP contribution is 2.28. The Morgan fingerprint density at radius 2 is 1.86 bits per heavy atom. The molecule has 0 aliphatic carbocycles. The molecule has 0 atom stereocenters. The summed E-state index contributed by atoms with van der Waals surface area (Å²) in [5.41, 5.74) is 0.587. The Hall–Kier alpha value is -5.72. The first-order valence-electron chi connectivity index (χ1n) is 12.8. The third-order valence-electron chi connectivity index (χ3n) is 6.26. The number of pyridine rings is 2. The Bertz CT molecular complexity index is 1890. The summed E-state index contributed by atoms with van der Waals surface area (Å²) in [5.74, 6) is -0.680. The number of benzene rings is 1. The molecule has 0 aliphatic rings. The van der Waals surface area contributed by atoms with E-state index in [1.54, 1.807) is 31.6 Å². The lowest BCUT2D eigenvalue weighted by molar-refractivity contribution is 0.102. The van der Waals surface area contributed by atoms with Gasteiger partial charge in [0.1, 0.15) is 11.4 Å². The fraction of sp³-hybridized carbons (Fsp3) is 0.138. The summed E-state index contributed by atoms with van der Waals surface area (Å²) in [6, 6.07) is 9.66. The topological polar surface area (TPSA) is 150 Å². The fourth-order valence-electron chi connectivity index (χ4n) is 4.14. The lowest BCUT2D eigenvalue weighted by atomic mass is 10.1. The average molecular weight is 569 g/mol. The van der Waals surface area contributed by atoms with Gasteiger partial charge in [0.05, 0.1) is 35.3 Å². The molecule has 5 aromatic rings. The zero-order valence-corrected chi connectivity index (χ0v) is 22.6. The number of rotatable bonds is 9. The number of carbonyl (C=O) groups is 1. The summed E-state index contributed by atoms with van der Waals surface area (Å²) in [7, 11) is 1.86. The molecule has 212 valence electrons. The highest BCUT2D eigenvalue weighted by molar-refractivity contribution is 6.03. The molecule has 1 amide bonds. The van der Waals surface area contributed by atoms with Crippen molar-refractivity contribution in [3.05, 3.63) is 111 Å². The molecule has 0 fully saturated rings. The van der Waals surface area contributed by atoms with E-state index in [4.69, 9.17) is 10.1 Å². The molecule has 4 heterocycles. The van der Waals surface area contributed by atoms with Gasteiger partial charge in [0.2, 0.25) is 5.88 Å². The third-order valence-corrected chi connectivity index (χ3v) is 6.26. The summed E-state index contributed by atoms with van der Waals surface area (Å²) in [5, 5.41) is 10.1. The largest absolute Gasteiger partial charge is 0.437 e. The first-order valence-corrected chi connectivity index (χ1v) is 12.8. The van der Waals surface area contributed by atoms with E-state index in [1.807, 2.05) is 17.8 Å². The summed E-state index contributed by atoms with van der Waals surface area (Å²) in [4.78, 5) is 52.2. The number of nitrogens with one attached hydrogen (secondary N) is 2. The van der Waals surface area contributed by atoms with Crippen LogP contribution in [0.25, 0.3) is 16.9 Å². The first-order chi connectivity index (χ1) is 20.3. The van der Waals surface area contributed by atoms with Crippen LogP contribution in [-0.4, -0.2) is 40.8 Å². The van der Waals surface area contributed by atoms with Crippen LogP contribution in [0.5, 0.6) is 11.6 Å². The van der Waals surface area contributed by atoms with Gasteiger partial charge in [-0.25, -0.2) is 23.7 Å². The Morgan fingerprint density at radius 3 is 2.50 bits per heavy atom. The number of hydrogen-bond acceptors (Lipinski definition) is 8. The minimum absolute atomic E-state index is 0.135. The van der Waals surface area contributed by atoms with Gasteiger partial charge in [-0.2, -0.15) is 0 Å². The Kier molecular flexibility index (Phi) is 7.82. The normalized spacial score (nSPS) is 10.8. The molecule has 2 N–H and O–H groups in total. The first kappa shape index (κ1) is 27.8. The average Bonchev–Trinajstić information content (AvgIpc) is 3.42. The van der Waals surface area contributed by atoms with Crippen molar-refractivity contribution in [2.24, 2.45) is 7.05 Å². The van der Waals surface area contributed by atoms with Gasteiger partial charge in [0.15, 0.2) is 5.75 Å². The van der Waals surface area contributed by atoms with Crippen molar-refractivity contribution in [1.82, 2.24) is 28.7 Å². The third kappa shape index (κ3) is 5.75. The van der Waals surface area contributed by atoms with Crippen molar-refractivity contribution in [3.63, 3.8) is 0 Å². The van der Waals surface area contributed by atoms with Gasteiger partial charge in [-0.05, 0) is 43.3 Å². The maximum atomic E-state index is 13.4. The van der Waals surface area contributed by atoms with Crippen molar-refractivity contribution in [3.8, 4) is 28.6 Å². The molecule has 0 spiro atoms. The Labute approximate surface area is 238 Å². The molecule has 0 unspecified atom stereocenters. The number of carbonyl (C=O) groups excluding carboxylic acids is 1. The molecule has 1 aromatic carbocycles. The Balaban J connectivity index is 1.39. The minimum Gasteiger partial charge on any atom is -0.437 e. The molecule has 0 saturated heterocycles. The summed E-state index contributed by atoms with van der Waals surface area (Å²) in [6.07, 6.45) is 9.18. The van der Waals surface area contributed by atoms with Crippen molar-refractivity contribution in [1.29, 1.82) is 5.41 Å².